The summed E-state index contributed by atoms with van der Waals surface area (Å²) < 4.78 is 33.1. The molecule has 1 aliphatic heterocycles. The van der Waals surface area contributed by atoms with Gasteiger partial charge in [-0.1, -0.05) is 6.07 Å². The lowest BCUT2D eigenvalue weighted by atomic mass is 10.1. The Morgan fingerprint density at radius 3 is 2.43 bits per heavy atom. The second-order valence-electron chi connectivity index (χ2n) is 6.32. The maximum absolute atomic E-state index is 13.0. The molecule has 118 valence electrons. The van der Waals surface area contributed by atoms with Gasteiger partial charge in [0.05, 0.1) is 17.1 Å². The minimum absolute atomic E-state index is 0.336. The number of anilines is 1. The first-order valence-electron chi connectivity index (χ1n) is 7.06. The van der Waals surface area contributed by atoms with Gasteiger partial charge in [0.2, 0.25) is 10.0 Å². The Labute approximate surface area is 127 Å². The Balaban J connectivity index is 2.53. The molecule has 1 saturated heterocycles. The van der Waals surface area contributed by atoms with Crippen molar-refractivity contribution in [2.24, 2.45) is 0 Å². The standard InChI is InChI=1S/C15H24N2O3S/c1-10-8-11(2)14(12(3)13(10)16)21(18,19)17-6-7-20-15(4,5)9-17/h8H,6-7,9,16H2,1-5H3. The van der Waals surface area contributed by atoms with Gasteiger partial charge in [0.25, 0.3) is 0 Å². The first-order chi connectivity index (χ1) is 9.56. The molecular weight excluding hydrogens is 288 g/mol. The molecule has 1 aromatic rings. The number of ether oxygens (including phenoxy) is 1. The van der Waals surface area contributed by atoms with E-state index >= 15 is 0 Å². The van der Waals surface area contributed by atoms with Crippen LogP contribution >= 0.6 is 0 Å². The van der Waals surface area contributed by atoms with Crippen LogP contribution in [0.3, 0.4) is 0 Å². The number of hydrogen-bond acceptors (Lipinski definition) is 4. The SMILES string of the molecule is Cc1cc(C)c(S(=O)(=O)N2CCOC(C)(C)C2)c(C)c1N. The Hall–Kier alpha value is -1.11. The van der Waals surface area contributed by atoms with E-state index in [1.165, 1.54) is 4.31 Å². The number of nitrogens with zero attached hydrogens (tertiary/aromatic N) is 1. The Morgan fingerprint density at radius 1 is 1.24 bits per heavy atom. The van der Waals surface area contributed by atoms with E-state index in [4.69, 9.17) is 10.5 Å². The van der Waals surface area contributed by atoms with Crippen LogP contribution in [-0.4, -0.2) is 38.0 Å². The Morgan fingerprint density at radius 2 is 1.86 bits per heavy atom. The molecule has 0 atom stereocenters. The maximum Gasteiger partial charge on any atom is 0.243 e. The van der Waals surface area contributed by atoms with Crippen molar-refractivity contribution in [3.63, 3.8) is 0 Å². The van der Waals surface area contributed by atoms with Crippen LogP contribution in [0.5, 0.6) is 0 Å². The topological polar surface area (TPSA) is 72.6 Å². The van der Waals surface area contributed by atoms with Crippen LogP contribution in [0.15, 0.2) is 11.0 Å². The monoisotopic (exact) mass is 312 g/mol. The number of nitrogens with two attached hydrogens (primary N) is 1. The molecule has 2 N–H and O–H groups in total. The maximum atomic E-state index is 13.0. The van der Waals surface area contributed by atoms with Crippen LogP contribution in [0, 0.1) is 20.8 Å². The number of hydrogen-bond donors (Lipinski definition) is 1. The third-order valence-electron chi connectivity index (χ3n) is 3.95. The van der Waals surface area contributed by atoms with Crippen LogP contribution in [0.2, 0.25) is 0 Å². The molecule has 0 saturated carbocycles. The normalized spacial score (nSPS) is 19.7. The van der Waals surface area contributed by atoms with Gasteiger partial charge in [-0.15, -0.1) is 0 Å². The fourth-order valence-electron chi connectivity index (χ4n) is 2.89. The molecule has 0 radical (unpaired) electrons. The molecule has 2 rings (SSSR count). The van der Waals surface area contributed by atoms with Gasteiger partial charge in [-0.2, -0.15) is 4.31 Å². The number of morpholine rings is 1. The van der Waals surface area contributed by atoms with Crippen molar-refractivity contribution >= 4 is 15.7 Å². The van der Waals surface area contributed by atoms with Crippen LogP contribution in [0.25, 0.3) is 0 Å². The molecule has 1 fully saturated rings. The van der Waals surface area contributed by atoms with Crippen molar-refractivity contribution in [1.82, 2.24) is 4.31 Å². The number of aryl methyl sites for hydroxylation is 2. The summed E-state index contributed by atoms with van der Waals surface area (Å²) in [6, 6.07) is 1.83. The smallest absolute Gasteiger partial charge is 0.243 e. The van der Waals surface area contributed by atoms with Crippen LogP contribution in [0.1, 0.15) is 30.5 Å². The van der Waals surface area contributed by atoms with E-state index in [1.54, 1.807) is 6.92 Å². The highest BCUT2D eigenvalue weighted by Crippen LogP contribution is 2.32. The summed E-state index contributed by atoms with van der Waals surface area (Å²) in [6.07, 6.45) is 0. The zero-order valence-corrected chi connectivity index (χ0v) is 14.2. The predicted octanol–water partition coefficient (Wildman–Crippen LogP) is 1.99. The van der Waals surface area contributed by atoms with E-state index in [9.17, 15) is 8.42 Å². The minimum atomic E-state index is -3.56. The van der Waals surface area contributed by atoms with Crippen molar-refractivity contribution in [3.8, 4) is 0 Å². The van der Waals surface area contributed by atoms with Gasteiger partial charge in [-0.05, 0) is 51.3 Å². The van der Waals surface area contributed by atoms with Gasteiger partial charge in [0, 0.05) is 18.8 Å². The zero-order valence-electron chi connectivity index (χ0n) is 13.4. The fraction of sp³-hybridized carbons (Fsp3) is 0.600. The minimum Gasteiger partial charge on any atom is -0.398 e. The van der Waals surface area contributed by atoms with Crippen molar-refractivity contribution < 1.29 is 13.2 Å². The van der Waals surface area contributed by atoms with E-state index in [1.807, 2.05) is 33.8 Å². The van der Waals surface area contributed by atoms with E-state index in [2.05, 4.69) is 0 Å². The van der Waals surface area contributed by atoms with Gasteiger partial charge in [0.15, 0.2) is 0 Å². The Bertz CT molecular complexity index is 666. The molecule has 6 heteroatoms. The predicted molar refractivity (Wildman–Crippen MR) is 83.9 cm³/mol. The average molecular weight is 312 g/mol. The molecule has 0 unspecified atom stereocenters. The van der Waals surface area contributed by atoms with Gasteiger partial charge in [-0.3, -0.25) is 0 Å². The molecular formula is C15H24N2O3S. The highest BCUT2D eigenvalue weighted by atomic mass is 32.2. The molecule has 0 spiro atoms. The van der Waals surface area contributed by atoms with E-state index in [0.717, 1.165) is 11.1 Å². The van der Waals surface area contributed by atoms with E-state index in [0.29, 0.717) is 35.8 Å². The summed E-state index contributed by atoms with van der Waals surface area (Å²) in [6.45, 7) is 10.4. The lowest BCUT2D eigenvalue weighted by Crippen LogP contribution is -2.50. The van der Waals surface area contributed by atoms with Gasteiger partial charge in [0.1, 0.15) is 0 Å². The summed E-state index contributed by atoms with van der Waals surface area (Å²) in [4.78, 5) is 0.336. The van der Waals surface area contributed by atoms with E-state index < -0.39 is 15.6 Å². The molecule has 21 heavy (non-hydrogen) atoms. The van der Waals surface area contributed by atoms with Gasteiger partial charge in [-0.25, -0.2) is 8.42 Å². The highest BCUT2D eigenvalue weighted by Gasteiger charge is 2.36. The zero-order chi connectivity index (χ0) is 16.0. The fourth-order valence-corrected chi connectivity index (χ4v) is 4.90. The highest BCUT2D eigenvalue weighted by molar-refractivity contribution is 7.89. The van der Waals surface area contributed by atoms with Gasteiger partial charge >= 0.3 is 0 Å². The Kier molecular flexibility index (Phi) is 4.08. The number of sulfonamides is 1. The summed E-state index contributed by atoms with van der Waals surface area (Å²) in [5.74, 6) is 0. The van der Waals surface area contributed by atoms with Crippen molar-refractivity contribution in [3.05, 3.63) is 22.8 Å². The third kappa shape index (κ3) is 2.93. The van der Waals surface area contributed by atoms with Crippen LogP contribution in [0.4, 0.5) is 5.69 Å². The number of rotatable bonds is 2. The number of nitrogen functional groups attached to an aromatic ring is 1. The largest absolute Gasteiger partial charge is 0.398 e. The second kappa shape index (κ2) is 5.26. The summed E-state index contributed by atoms with van der Waals surface area (Å²) >= 11 is 0. The van der Waals surface area contributed by atoms with Crippen LogP contribution in [-0.2, 0) is 14.8 Å². The molecule has 1 heterocycles. The lowest BCUT2D eigenvalue weighted by Gasteiger charge is -2.37. The first kappa shape index (κ1) is 16.3. The summed E-state index contributed by atoms with van der Waals surface area (Å²) in [5.41, 5.74) is 8.39. The first-order valence-corrected chi connectivity index (χ1v) is 8.50. The quantitative estimate of drug-likeness (QED) is 0.848. The molecule has 5 nitrogen and oxygen atoms in total. The van der Waals surface area contributed by atoms with Crippen LogP contribution < -0.4 is 5.73 Å². The molecule has 1 aliphatic rings. The van der Waals surface area contributed by atoms with E-state index in [-0.39, 0.29) is 0 Å². The average Bonchev–Trinajstić information content (AvgIpc) is 2.34. The summed E-state index contributed by atoms with van der Waals surface area (Å²) in [5, 5.41) is 0. The summed E-state index contributed by atoms with van der Waals surface area (Å²) in [7, 11) is -3.56. The van der Waals surface area contributed by atoms with Gasteiger partial charge < -0.3 is 10.5 Å². The molecule has 0 amide bonds. The molecule has 1 aromatic carbocycles. The van der Waals surface area contributed by atoms with Crippen molar-refractivity contribution in [1.29, 1.82) is 0 Å². The van der Waals surface area contributed by atoms with Crippen molar-refractivity contribution in [2.75, 3.05) is 25.4 Å². The number of benzene rings is 1. The van der Waals surface area contributed by atoms with Crippen molar-refractivity contribution in [2.45, 2.75) is 45.1 Å². The molecule has 0 aliphatic carbocycles. The molecule has 0 aromatic heterocycles. The lowest BCUT2D eigenvalue weighted by molar-refractivity contribution is -0.0640. The second-order valence-corrected chi connectivity index (χ2v) is 8.20. The third-order valence-corrected chi connectivity index (χ3v) is 6.08. The molecule has 0 bridgehead atoms.